The molecule has 0 atom stereocenters. The smallest absolute Gasteiger partial charge is 0.253 e. The van der Waals surface area contributed by atoms with Crippen molar-refractivity contribution in [2.75, 3.05) is 5.73 Å². The van der Waals surface area contributed by atoms with Crippen LogP contribution in [0.25, 0.3) is 0 Å². The number of halogens is 1. The third-order valence-corrected chi connectivity index (χ3v) is 1.29. The van der Waals surface area contributed by atoms with Crippen molar-refractivity contribution < 1.29 is 9.18 Å². The van der Waals surface area contributed by atoms with Gasteiger partial charge in [0.25, 0.3) is 5.91 Å². The van der Waals surface area contributed by atoms with Crippen molar-refractivity contribution in [2.45, 2.75) is 27.7 Å². The van der Waals surface area contributed by atoms with Gasteiger partial charge in [-0.1, -0.05) is 33.8 Å². The van der Waals surface area contributed by atoms with Crippen molar-refractivity contribution in [3.8, 4) is 0 Å². The van der Waals surface area contributed by atoms with Gasteiger partial charge in [-0.15, -0.1) is 0 Å². The first-order valence-corrected chi connectivity index (χ1v) is 4.96. The Hall–Kier alpha value is -1.58. The second kappa shape index (κ2) is 8.99. The molecule has 1 rings (SSSR count). The first kappa shape index (κ1) is 15.9. The lowest BCUT2D eigenvalue weighted by Crippen LogP contribution is -2.15. The van der Waals surface area contributed by atoms with Gasteiger partial charge in [0.05, 0.1) is 5.56 Å². The molecule has 1 aromatic rings. The number of hydrogen-bond donors (Lipinski definition) is 2. The van der Waals surface area contributed by atoms with E-state index in [0.29, 0.717) is 0 Å². The van der Waals surface area contributed by atoms with Gasteiger partial charge in [-0.05, 0) is 12.1 Å². The number of primary amides is 1. The van der Waals surface area contributed by atoms with Crippen LogP contribution in [0.5, 0.6) is 0 Å². The topological polar surface area (TPSA) is 69.1 Å². The minimum atomic E-state index is -0.847. The first-order chi connectivity index (χ1) is 7.13. The van der Waals surface area contributed by atoms with E-state index in [1.54, 1.807) is 0 Å². The van der Waals surface area contributed by atoms with E-state index < -0.39 is 11.7 Å². The fraction of sp³-hybridized carbons (Fsp3) is 0.364. The van der Waals surface area contributed by atoms with Gasteiger partial charge in [0.2, 0.25) is 0 Å². The van der Waals surface area contributed by atoms with E-state index in [2.05, 4.69) is 0 Å². The number of carbonyl (C=O) groups is 1. The van der Waals surface area contributed by atoms with Crippen molar-refractivity contribution in [1.82, 2.24) is 0 Å². The number of amides is 1. The van der Waals surface area contributed by atoms with Gasteiger partial charge >= 0.3 is 0 Å². The summed E-state index contributed by atoms with van der Waals surface area (Å²) in [6.45, 7) is 8.00. The normalized spacial score (nSPS) is 7.80. The van der Waals surface area contributed by atoms with Crippen LogP contribution >= 0.6 is 0 Å². The number of benzene rings is 1. The van der Waals surface area contributed by atoms with E-state index in [1.807, 2.05) is 27.7 Å². The minimum absolute atomic E-state index is 0.0671. The number of anilines is 1. The predicted octanol–water partition coefficient (Wildman–Crippen LogP) is 2.56. The van der Waals surface area contributed by atoms with Gasteiger partial charge in [-0.2, -0.15) is 0 Å². The number of nitrogen functional groups attached to an aromatic ring is 1. The molecular weight excluding hydrogens is 195 g/mol. The molecule has 4 N–H and O–H groups in total. The lowest BCUT2D eigenvalue weighted by atomic mass is 10.1. The lowest BCUT2D eigenvalue weighted by molar-refractivity contribution is 0.0997. The molecule has 1 aromatic carbocycles. The molecule has 15 heavy (non-hydrogen) atoms. The molecule has 0 saturated heterocycles. The van der Waals surface area contributed by atoms with Crippen molar-refractivity contribution >= 4 is 11.6 Å². The fourth-order valence-corrected chi connectivity index (χ4v) is 0.801. The molecule has 3 nitrogen and oxygen atoms in total. The van der Waals surface area contributed by atoms with Crippen molar-refractivity contribution in [3.05, 3.63) is 29.6 Å². The monoisotopic (exact) mass is 214 g/mol. The SMILES string of the molecule is CC.CC.NC(=O)c1c(N)cccc1F. The Labute approximate surface area is 90.3 Å². The Morgan fingerprint density at radius 1 is 1.20 bits per heavy atom. The average Bonchev–Trinajstić information content (AvgIpc) is 2.23. The highest BCUT2D eigenvalue weighted by molar-refractivity contribution is 5.98. The third kappa shape index (κ3) is 5.00. The van der Waals surface area contributed by atoms with E-state index in [-0.39, 0.29) is 11.3 Å². The van der Waals surface area contributed by atoms with Gasteiger partial charge in [0.1, 0.15) is 5.82 Å². The zero-order chi connectivity index (χ0) is 12.4. The van der Waals surface area contributed by atoms with Crippen LogP contribution in [-0.4, -0.2) is 5.91 Å². The lowest BCUT2D eigenvalue weighted by Gasteiger charge is -2.00. The molecule has 0 radical (unpaired) electrons. The van der Waals surface area contributed by atoms with Crippen LogP contribution in [0.1, 0.15) is 38.1 Å². The number of rotatable bonds is 1. The molecule has 0 spiro atoms. The Bertz CT molecular complexity index is 280. The highest BCUT2D eigenvalue weighted by atomic mass is 19.1. The zero-order valence-corrected chi connectivity index (χ0v) is 9.67. The summed E-state index contributed by atoms with van der Waals surface area (Å²) in [4.78, 5) is 10.5. The quantitative estimate of drug-likeness (QED) is 0.705. The molecule has 0 aliphatic heterocycles. The molecule has 0 unspecified atom stereocenters. The summed E-state index contributed by atoms with van der Waals surface area (Å²) < 4.78 is 12.7. The summed E-state index contributed by atoms with van der Waals surface area (Å²) >= 11 is 0. The number of hydrogen-bond acceptors (Lipinski definition) is 2. The largest absolute Gasteiger partial charge is 0.398 e. The summed E-state index contributed by atoms with van der Waals surface area (Å²) in [5.41, 5.74) is 9.96. The highest BCUT2D eigenvalue weighted by Gasteiger charge is 2.10. The van der Waals surface area contributed by atoms with Gasteiger partial charge in [-0.3, -0.25) is 4.79 Å². The molecule has 0 saturated carbocycles. The van der Waals surface area contributed by atoms with Gasteiger partial charge in [0, 0.05) is 5.69 Å². The van der Waals surface area contributed by atoms with Crippen LogP contribution < -0.4 is 11.5 Å². The van der Waals surface area contributed by atoms with Gasteiger partial charge in [-0.25, -0.2) is 4.39 Å². The third-order valence-electron chi connectivity index (χ3n) is 1.29. The van der Waals surface area contributed by atoms with Crippen LogP contribution in [0.15, 0.2) is 18.2 Å². The molecule has 86 valence electrons. The van der Waals surface area contributed by atoms with E-state index in [9.17, 15) is 9.18 Å². The van der Waals surface area contributed by atoms with Crippen LogP contribution in [-0.2, 0) is 0 Å². The molecule has 0 aliphatic rings. The van der Waals surface area contributed by atoms with Crippen molar-refractivity contribution in [2.24, 2.45) is 5.73 Å². The van der Waals surface area contributed by atoms with Crippen LogP contribution in [0.2, 0.25) is 0 Å². The summed E-state index contributed by atoms with van der Waals surface area (Å²) in [6, 6.07) is 3.97. The second-order valence-electron chi connectivity index (χ2n) is 2.07. The van der Waals surface area contributed by atoms with E-state index in [1.165, 1.54) is 12.1 Å². The average molecular weight is 214 g/mol. The van der Waals surface area contributed by atoms with Crippen molar-refractivity contribution in [1.29, 1.82) is 0 Å². The Morgan fingerprint density at radius 2 is 1.67 bits per heavy atom. The molecule has 0 aromatic heterocycles. The van der Waals surface area contributed by atoms with Crippen LogP contribution in [0.3, 0.4) is 0 Å². The summed E-state index contributed by atoms with van der Waals surface area (Å²) in [6.07, 6.45) is 0. The summed E-state index contributed by atoms with van der Waals surface area (Å²) in [7, 11) is 0. The Kier molecular flexibility index (Phi) is 9.52. The van der Waals surface area contributed by atoms with Crippen LogP contribution in [0.4, 0.5) is 10.1 Å². The van der Waals surface area contributed by atoms with Gasteiger partial charge < -0.3 is 11.5 Å². The fourth-order valence-electron chi connectivity index (χ4n) is 0.801. The Morgan fingerprint density at radius 3 is 1.93 bits per heavy atom. The molecular formula is C11H19FN2O. The summed E-state index contributed by atoms with van der Waals surface area (Å²) in [5, 5.41) is 0. The summed E-state index contributed by atoms with van der Waals surface area (Å²) in [5.74, 6) is -1.53. The van der Waals surface area contributed by atoms with Crippen LogP contribution in [0, 0.1) is 5.82 Å². The first-order valence-electron chi connectivity index (χ1n) is 4.96. The van der Waals surface area contributed by atoms with E-state index >= 15 is 0 Å². The maximum Gasteiger partial charge on any atom is 0.253 e. The number of carbonyl (C=O) groups excluding carboxylic acids is 1. The maximum atomic E-state index is 12.7. The standard InChI is InChI=1S/C7H7FN2O.2C2H6/c8-4-2-1-3-5(9)6(4)7(10)11;2*1-2/h1-3H,9H2,(H2,10,11);2*1-2H3. The molecule has 4 heteroatoms. The van der Waals surface area contributed by atoms with E-state index in [0.717, 1.165) is 6.07 Å². The predicted molar refractivity (Wildman–Crippen MR) is 62.0 cm³/mol. The number of nitrogens with two attached hydrogens (primary N) is 2. The molecule has 0 heterocycles. The molecule has 0 fully saturated rings. The van der Waals surface area contributed by atoms with E-state index in [4.69, 9.17) is 11.5 Å². The molecule has 1 amide bonds. The van der Waals surface area contributed by atoms with Crippen molar-refractivity contribution in [3.63, 3.8) is 0 Å². The zero-order valence-electron chi connectivity index (χ0n) is 9.67. The maximum absolute atomic E-state index is 12.7. The Balaban J connectivity index is 0. The molecule has 0 bridgehead atoms. The minimum Gasteiger partial charge on any atom is -0.398 e. The van der Waals surface area contributed by atoms with Gasteiger partial charge in [0.15, 0.2) is 0 Å². The molecule has 0 aliphatic carbocycles. The highest BCUT2D eigenvalue weighted by Crippen LogP contribution is 2.13. The second-order valence-corrected chi connectivity index (χ2v) is 2.07.